The van der Waals surface area contributed by atoms with Gasteiger partial charge in [0.25, 0.3) is 5.91 Å². The van der Waals surface area contributed by atoms with Crippen LogP contribution < -0.4 is 10.1 Å². The number of nitrogens with zero attached hydrogens (tertiary/aromatic N) is 1. The molecule has 1 rings (SSSR count). The maximum absolute atomic E-state index is 11.4. The summed E-state index contributed by atoms with van der Waals surface area (Å²) in [6.07, 6.45) is 0. The molecule has 7 nitrogen and oxygen atoms in total. The fourth-order valence-electron chi connectivity index (χ4n) is 1.20. The predicted molar refractivity (Wildman–Crippen MR) is 64.5 cm³/mol. The van der Waals surface area contributed by atoms with Crippen molar-refractivity contribution >= 4 is 17.3 Å². The van der Waals surface area contributed by atoms with Gasteiger partial charge in [0.2, 0.25) is 0 Å². The zero-order valence-corrected chi connectivity index (χ0v) is 9.67. The number of nitrogens with one attached hydrogen (secondary N) is 1. The number of hydrogen-bond acceptors (Lipinski definition) is 5. The second-order valence-electron chi connectivity index (χ2n) is 3.36. The molecule has 0 spiro atoms. The van der Waals surface area contributed by atoms with Gasteiger partial charge in [0.15, 0.2) is 5.75 Å². The summed E-state index contributed by atoms with van der Waals surface area (Å²) >= 11 is 0. The van der Waals surface area contributed by atoms with Gasteiger partial charge in [-0.25, -0.2) is 0 Å². The molecule has 96 valence electrons. The molecular weight excluding hydrogens is 240 g/mol. The zero-order valence-electron chi connectivity index (χ0n) is 9.67. The summed E-state index contributed by atoms with van der Waals surface area (Å²) in [5, 5.41) is 21.9. The first kappa shape index (κ1) is 13.7. The maximum atomic E-state index is 11.4. The molecular formula is C11H12N2O5. The number of carbonyl (C=O) groups is 1. The lowest BCUT2D eigenvalue weighted by atomic mass is 10.2. The Morgan fingerprint density at radius 2 is 2.28 bits per heavy atom. The van der Waals surface area contributed by atoms with E-state index in [0.29, 0.717) is 0 Å². The summed E-state index contributed by atoms with van der Waals surface area (Å²) in [5.41, 5.74) is -0.0690. The summed E-state index contributed by atoms with van der Waals surface area (Å²) < 4.78 is 4.82. The second-order valence-corrected chi connectivity index (χ2v) is 3.36. The van der Waals surface area contributed by atoms with Crippen molar-refractivity contribution in [3.05, 3.63) is 40.5 Å². The van der Waals surface area contributed by atoms with Crippen LogP contribution in [-0.4, -0.2) is 29.7 Å². The van der Waals surface area contributed by atoms with Crippen LogP contribution in [0.5, 0.6) is 5.75 Å². The van der Waals surface area contributed by atoms with E-state index in [1.165, 1.54) is 25.3 Å². The largest absolute Gasteiger partial charge is 0.490 e. The fraction of sp³-hybridized carbons (Fsp3) is 0.182. The highest BCUT2D eigenvalue weighted by atomic mass is 16.6. The van der Waals surface area contributed by atoms with Gasteiger partial charge in [0, 0.05) is 17.3 Å². The van der Waals surface area contributed by atoms with E-state index in [0.717, 1.165) is 0 Å². The van der Waals surface area contributed by atoms with Crippen molar-refractivity contribution in [1.82, 2.24) is 0 Å². The molecule has 0 aliphatic rings. The highest BCUT2D eigenvalue weighted by Gasteiger charge is 2.16. The first-order valence-corrected chi connectivity index (χ1v) is 4.92. The van der Waals surface area contributed by atoms with E-state index in [9.17, 15) is 14.9 Å². The van der Waals surface area contributed by atoms with Crippen LogP contribution in [0.4, 0.5) is 11.4 Å². The summed E-state index contributed by atoms with van der Waals surface area (Å²) in [6, 6.07) is 3.99. The van der Waals surface area contributed by atoms with Gasteiger partial charge in [-0.3, -0.25) is 14.9 Å². The number of anilines is 1. The topological polar surface area (TPSA) is 102 Å². The van der Waals surface area contributed by atoms with Gasteiger partial charge < -0.3 is 15.2 Å². The van der Waals surface area contributed by atoms with Crippen molar-refractivity contribution in [3.8, 4) is 5.75 Å². The SMILES string of the molecule is C=C(CO)C(=O)Nc1ccc(OC)c([N+](=O)[O-])c1. The van der Waals surface area contributed by atoms with Crippen molar-refractivity contribution in [1.29, 1.82) is 0 Å². The van der Waals surface area contributed by atoms with Crippen molar-refractivity contribution < 1.29 is 19.6 Å². The molecule has 0 heterocycles. The van der Waals surface area contributed by atoms with Crippen molar-refractivity contribution in [3.63, 3.8) is 0 Å². The van der Waals surface area contributed by atoms with Crippen LogP contribution in [0.2, 0.25) is 0 Å². The minimum absolute atomic E-state index is 0.0338. The van der Waals surface area contributed by atoms with Crippen molar-refractivity contribution in [2.45, 2.75) is 0 Å². The molecule has 0 atom stereocenters. The Kier molecular flexibility index (Phi) is 4.39. The molecule has 18 heavy (non-hydrogen) atoms. The van der Waals surface area contributed by atoms with E-state index in [1.54, 1.807) is 0 Å². The zero-order chi connectivity index (χ0) is 13.7. The number of hydrogen-bond donors (Lipinski definition) is 2. The molecule has 0 bridgehead atoms. The average molecular weight is 252 g/mol. The molecule has 0 fully saturated rings. The van der Waals surface area contributed by atoms with E-state index in [2.05, 4.69) is 11.9 Å². The number of aliphatic hydroxyl groups excluding tert-OH is 1. The highest BCUT2D eigenvalue weighted by Crippen LogP contribution is 2.29. The van der Waals surface area contributed by atoms with Crippen LogP contribution >= 0.6 is 0 Å². The van der Waals surface area contributed by atoms with Gasteiger partial charge in [0.1, 0.15) is 0 Å². The third-order valence-corrected chi connectivity index (χ3v) is 2.15. The van der Waals surface area contributed by atoms with Crippen LogP contribution in [0, 0.1) is 10.1 Å². The molecule has 0 aliphatic heterocycles. The molecule has 1 aromatic carbocycles. The average Bonchev–Trinajstić information content (AvgIpc) is 2.37. The number of benzene rings is 1. The maximum Gasteiger partial charge on any atom is 0.312 e. The summed E-state index contributed by atoms with van der Waals surface area (Å²) in [4.78, 5) is 21.6. The van der Waals surface area contributed by atoms with Crippen LogP contribution in [0.15, 0.2) is 30.4 Å². The van der Waals surface area contributed by atoms with E-state index in [-0.39, 0.29) is 22.7 Å². The lowest BCUT2D eigenvalue weighted by Crippen LogP contribution is -2.15. The monoisotopic (exact) mass is 252 g/mol. The number of methoxy groups -OCH3 is 1. The Hall–Kier alpha value is -2.41. The lowest BCUT2D eigenvalue weighted by molar-refractivity contribution is -0.385. The Bertz CT molecular complexity index is 498. The molecule has 1 aromatic rings. The Morgan fingerprint density at radius 1 is 1.61 bits per heavy atom. The van der Waals surface area contributed by atoms with Gasteiger partial charge in [-0.05, 0) is 12.1 Å². The van der Waals surface area contributed by atoms with Crippen LogP contribution in [-0.2, 0) is 4.79 Å². The minimum Gasteiger partial charge on any atom is -0.490 e. The molecule has 2 N–H and O–H groups in total. The normalized spacial score (nSPS) is 9.67. The molecule has 0 unspecified atom stereocenters. The number of aliphatic hydroxyl groups is 1. The first-order chi connectivity index (χ1) is 8.49. The predicted octanol–water partition coefficient (Wildman–Crippen LogP) is 1.09. The smallest absolute Gasteiger partial charge is 0.312 e. The van der Waals surface area contributed by atoms with E-state index in [4.69, 9.17) is 9.84 Å². The third kappa shape index (κ3) is 3.05. The van der Waals surface area contributed by atoms with Crippen LogP contribution in [0.1, 0.15) is 0 Å². The number of amides is 1. The fourth-order valence-corrected chi connectivity index (χ4v) is 1.20. The first-order valence-electron chi connectivity index (χ1n) is 4.92. The molecule has 0 aliphatic carbocycles. The molecule has 0 saturated heterocycles. The highest BCUT2D eigenvalue weighted by molar-refractivity contribution is 6.03. The molecule has 0 aromatic heterocycles. The van der Waals surface area contributed by atoms with Crippen LogP contribution in [0.3, 0.4) is 0 Å². The van der Waals surface area contributed by atoms with Crippen molar-refractivity contribution in [2.24, 2.45) is 0 Å². The molecule has 0 saturated carbocycles. The Labute approximate surface area is 103 Å². The lowest BCUT2D eigenvalue weighted by Gasteiger charge is -2.07. The van der Waals surface area contributed by atoms with Gasteiger partial charge in [-0.1, -0.05) is 6.58 Å². The third-order valence-electron chi connectivity index (χ3n) is 2.15. The van der Waals surface area contributed by atoms with Gasteiger partial charge in [-0.15, -0.1) is 0 Å². The number of carbonyl (C=O) groups excluding carboxylic acids is 1. The molecule has 0 radical (unpaired) electrons. The van der Waals surface area contributed by atoms with Crippen LogP contribution in [0.25, 0.3) is 0 Å². The summed E-state index contributed by atoms with van der Waals surface area (Å²) in [6.45, 7) is 2.86. The van der Waals surface area contributed by atoms with Gasteiger partial charge >= 0.3 is 5.69 Å². The Morgan fingerprint density at radius 3 is 2.78 bits per heavy atom. The second kappa shape index (κ2) is 5.78. The minimum atomic E-state index is -0.616. The molecule has 1 amide bonds. The summed E-state index contributed by atoms with van der Waals surface area (Å²) in [5.74, 6) is -0.504. The number of rotatable bonds is 5. The van der Waals surface area contributed by atoms with E-state index < -0.39 is 17.4 Å². The molecule has 7 heteroatoms. The van der Waals surface area contributed by atoms with E-state index >= 15 is 0 Å². The van der Waals surface area contributed by atoms with Crippen molar-refractivity contribution in [2.75, 3.05) is 19.0 Å². The number of nitro groups is 1. The number of ether oxygens (including phenoxy) is 1. The number of nitro benzene ring substituents is 1. The standard InChI is InChI=1S/C11H12N2O5/c1-7(6-14)11(15)12-8-3-4-10(18-2)9(5-8)13(16)17/h3-5,14H,1,6H2,2H3,(H,12,15). The summed E-state index contributed by atoms with van der Waals surface area (Å²) in [7, 11) is 1.31. The Balaban J connectivity index is 2.99. The van der Waals surface area contributed by atoms with Gasteiger partial charge in [0.05, 0.1) is 18.6 Å². The quantitative estimate of drug-likeness (QED) is 0.464. The van der Waals surface area contributed by atoms with Gasteiger partial charge in [-0.2, -0.15) is 0 Å². The van der Waals surface area contributed by atoms with E-state index in [1.807, 2.05) is 0 Å².